The quantitative estimate of drug-likeness (QED) is 0.546. The molecule has 2 heterocycles. The Balaban J connectivity index is 1.80. The van der Waals surface area contributed by atoms with Crippen molar-refractivity contribution < 1.29 is 13.5 Å². The van der Waals surface area contributed by atoms with Gasteiger partial charge in [0.1, 0.15) is 0 Å². The van der Waals surface area contributed by atoms with E-state index in [9.17, 15) is 8.78 Å². The number of ether oxygens (including phenoxy) is 1. The lowest BCUT2D eigenvalue weighted by atomic mass is 10.0. The van der Waals surface area contributed by atoms with Crippen LogP contribution < -0.4 is 4.74 Å². The van der Waals surface area contributed by atoms with Crippen molar-refractivity contribution in [3.05, 3.63) is 66.6 Å². The molecule has 7 heteroatoms. The van der Waals surface area contributed by atoms with Crippen molar-refractivity contribution in [2.45, 2.75) is 13.5 Å². The summed E-state index contributed by atoms with van der Waals surface area (Å²) in [5.41, 5.74) is 4.66. The molecule has 0 aliphatic carbocycles. The van der Waals surface area contributed by atoms with Gasteiger partial charge in [0.2, 0.25) is 5.88 Å². The number of nitrogens with zero attached hydrogens (tertiary/aromatic N) is 4. The molecule has 2 aromatic carbocycles. The van der Waals surface area contributed by atoms with E-state index in [-0.39, 0.29) is 5.88 Å². The van der Waals surface area contributed by atoms with E-state index in [1.54, 1.807) is 16.9 Å². The Labute approximate surface area is 147 Å². The van der Waals surface area contributed by atoms with Gasteiger partial charge in [-0.25, -0.2) is 14.6 Å². The van der Waals surface area contributed by atoms with E-state index in [2.05, 4.69) is 19.8 Å². The second kappa shape index (κ2) is 6.51. The van der Waals surface area contributed by atoms with Crippen LogP contribution in [0.1, 0.15) is 5.56 Å². The van der Waals surface area contributed by atoms with Crippen LogP contribution >= 0.6 is 0 Å². The molecule has 0 unspecified atom stereocenters. The van der Waals surface area contributed by atoms with Crippen molar-refractivity contribution >= 4 is 11.0 Å². The molecule has 0 atom stereocenters. The highest BCUT2D eigenvalue weighted by atomic mass is 19.3. The number of halogens is 2. The second-order valence-electron chi connectivity index (χ2n) is 5.78. The molecule has 0 saturated heterocycles. The number of aryl methyl sites for hydroxylation is 1. The fourth-order valence-electron chi connectivity index (χ4n) is 2.80. The van der Waals surface area contributed by atoms with Gasteiger partial charge in [0, 0.05) is 17.3 Å². The Bertz CT molecular complexity index is 1060. The summed E-state index contributed by atoms with van der Waals surface area (Å²) in [6.45, 7) is -1.03. The molecular formula is C19H14F2N4O. The van der Waals surface area contributed by atoms with E-state index in [1.807, 2.05) is 49.5 Å². The Kier molecular flexibility index (Phi) is 4.04. The standard InChI is InChI=1S/C19H14F2N4O/c1-12-7-15(13-9-23-25(11-13)14-5-3-2-4-6-14)18-16(8-12)24-17(10-22-18)26-19(20)21/h2-11,19H,1H3. The van der Waals surface area contributed by atoms with Gasteiger partial charge in [-0.15, -0.1) is 0 Å². The summed E-state index contributed by atoms with van der Waals surface area (Å²) in [5, 5.41) is 4.40. The molecule has 0 amide bonds. The van der Waals surface area contributed by atoms with Gasteiger partial charge in [-0.1, -0.05) is 18.2 Å². The first-order chi connectivity index (χ1) is 12.6. The van der Waals surface area contributed by atoms with Crippen LogP contribution in [0.3, 0.4) is 0 Å². The summed E-state index contributed by atoms with van der Waals surface area (Å²) in [7, 11) is 0. The van der Waals surface area contributed by atoms with Crippen LogP contribution in [0.15, 0.2) is 61.1 Å². The third-order valence-corrected chi connectivity index (χ3v) is 3.89. The summed E-state index contributed by atoms with van der Waals surface area (Å²) in [6, 6.07) is 13.5. The highest BCUT2D eigenvalue weighted by Crippen LogP contribution is 2.29. The molecule has 0 bridgehead atoms. The number of aromatic nitrogens is 4. The zero-order chi connectivity index (χ0) is 18.1. The van der Waals surface area contributed by atoms with E-state index in [0.29, 0.717) is 11.0 Å². The lowest BCUT2D eigenvalue weighted by Gasteiger charge is -2.08. The highest BCUT2D eigenvalue weighted by molar-refractivity contribution is 5.92. The number of benzene rings is 2. The number of fused-ring (bicyclic) bond motifs is 1. The minimum absolute atomic E-state index is 0.205. The van der Waals surface area contributed by atoms with Crippen LogP contribution in [0.4, 0.5) is 8.78 Å². The molecule has 4 aromatic rings. The van der Waals surface area contributed by atoms with Gasteiger partial charge in [0.25, 0.3) is 0 Å². The Morgan fingerprint density at radius 1 is 1.08 bits per heavy atom. The minimum atomic E-state index is -2.94. The molecular weight excluding hydrogens is 338 g/mol. The number of alkyl halides is 2. The second-order valence-corrected chi connectivity index (χ2v) is 5.78. The van der Waals surface area contributed by atoms with Gasteiger partial charge in [-0.3, -0.25) is 0 Å². The molecule has 5 nitrogen and oxygen atoms in total. The molecule has 0 N–H and O–H groups in total. The van der Waals surface area contributed by atoms with Crippen molar-refractivity contribution in [1.29, 1.82) is 0 Å². The number of para-hydroxylation sites is 1. The topological polar surface area (TPSA) is 52.8 Å². The highest BCUT2D eigenvalue weighted by Gasteiger charge is 2.13. The minimum Gasteiger partial charge on any atom is -0.415 e. The fourth-order valence-corrected chi connectivity index (χ4v) is 2.80. The van der Waals surface area contributed by atoms with Crippen molar-refractivity contribution in [1.82, 2.24) is 19.7 Å². The van der Waals surface area contributed by atoms with E-state index >= 15 is 0 Å². The maximum Gasteiger partial charge on any atom is 0.388 e. The van der Waals surface area contributed by atoms with E-state index in [0.717, 1.165) is 22.4 Å². The summed E-state index contributed by atoms with van der Waals surface area (Å²) >= 11 is 0. The van der Waals surface area contributed by atoms with Crippen LogP contribution in [0.5, 0.6) is 5.88 Å². The summed E-state index contributed by atoms with van der Waals surface area (Å²) < 4.78 is 30.9. The summed E-state index contributed by atoms with van der Waals surface area (Å²) in [4.78, 5) is 8.41. The van der Waals surface area contributed by atoms with Crippen LogP contribution in [0.25, 0.3) is 27.8 Å². The number of hydrogen-bond donors (Lipinski definition) is 0. The predicted molar refractivity (Wildman–Crippen MR) is 93.5 cm³/mol. The van der Waals surface area contributed by atoms with Crippen LogP contribution in [-0.4, -0.2) is 26.4 Å². The Morgan fingerprint density at radius 3 is 2.65 bits per heavy atom. The molecule has 4 rings (SSSR count). The summed E-state index contributed by atoms with van der Waals surface area (Å²) in [5.74, 6) is -0.205. The SMILES string of the molecule is Cc1cc(-c2cnn(-c3ccccc3)c2)c2ncc(OC(F)F)nc2c1. The average Bonchev–Trinajstić information content (AvgIpc) is 3.11. The lowest BCUT2D eigenvalue weighted by molar-refractivity contribution is -0.0528. The normalized spacial score (nSPS) is 11.2. The molecule has 2 aromatic heterocycles. The molecule has 0 radical (unpaired) electrons. The van der Waals surface area contributed by atoms with Crippen LogP contribution in [0, 0.1) is 6.92 Å². The van der Waals surface area contributed by atoms with Gasteiger partial charge in [-0.05, 0) is 36.8 Å². The molecule has 0 fully saturated rings. The zero-order valence-corrected chi connectivity index (χ0v) is 13.8. The first kappa shape index (κ1) is 16.1. The van der Waals surface area contributed by atoms with Gasteiger partial charge >= 0.3 is 6.61 Å². The molecule has 0 spiro atoms. The summed E-state index contributed by atoms with van der Waals surface area (Å²) in [6.07, 6.45) is 4.84. The third kappa shape index (κ3) is 3.11. The van der Waals surface area contributed by atoms with E-state index in [4.69, 9.17) is 0 Å². The van der Waals surface area contributed by atoms with Crippen molar-refractivity contribution in [2.75, 3.05) is 0 Å². The Hall–Kier alpha value is -3.35. The molecule has 0 saturated carbocycles. The fraction of sp³-hybridized carbons (Fsp3) is 0.105. The molecule has 130 valence electrons. The largest absolute Gasteiger partial charge is 0.415 e. The van der Waals surface area contributed by atoms with E-state index < -0.39 is 6.61 Å². The number of rotatable bonds is 4. The first-order valence-corrected chi connectivity index (χ1v) is 7.93. The van der Waals surface area contributed by atoms with E-state index in [1.165, 1.54) is 6.20 Å². The molecule has 0 aliphatic rings. The Morgan fingerprint density at radius 2 is 1.88 bits per heavy atom. The molecule has 0 aliphatic heterocycles. The molecule has 26 heavy (non-hydrogen) atoms. The van der Waals surface area contributed by atoms with Crippen molar-refractivity contribution in [3.63, 3.8) is 0 Å². The maximum atomic E-state index is 12.4. The third-order valence-electron chi connectivity index (χ3n) is 3.89. The van der Waals surface area contributed by atoms with Crippen LogP contribution in [-0.2, 0) is 0 Å². The van der Waals surface area contributed by atoms with Crippen molar-refractivity contribution in [2.24, 2.45) is 0 Å². The smallest absolute Gasteiger partial charge is 0.388 e. The van der Waals surface area contributed by atoms with Gasteiger partial charge in [0.05, 0.1) is 29.1 Å². The van der Waals surface area contributed by atoms with Gasteiger partial charge < -0.3 is 4.74 Å². The van der Waals surface area contributed by atoms with Crippen LogP contribution in [0.2, 0.25) is 0 Å². The van der Waals surface area contributed by atoms with Gasteiger partial charge in [0.15, 0.2) is 0 Å². The monoisotopic (exact) mass is 352 g/mol. The number of hydrogen-bond acceptors (Lipinski definition) is 4. The van der Waals surface area contributed by atoms with Crippen molar-refractivity contribution in [3.8, 4) is 22.7 Å². The average molecular weight is 352 g/mol. The van der Waals surface area contributed by atoms with Gasteiger partial charge in [-0.2, -0.15) is 13.9 Å². The predicted octanol–water partition coefficient (Wildman–Crippen LogP) is 4.39. The maximum absolute atomic E-state index is 12.4. The lowest BCUT2D eigenvalue weighted by Crippen LogP contribution is -2.04. The first-order valence-electron chi connectivity index (χ1n) is 7.93. The zero-order valence-electron chi connectivity index (χ0n) is 13.8.